The number of aromatic nitrogens is 3. The summed E-state index contributed by atoms with van der Waals surface area (Å²) in [6.07, 6.45) is 6.07. The first kappa shape index (κ1) is 12.2. The minimum Gasteiger partial charge on any atom is -0.497 e. The van der Waals surface area contributed by atoms with Crippen molar-refractivity contribution in [1.82, 2.24) is 14.5 Å². The fourth-order valence-electron chi connectivity index (χ4n) is 2.75. The lowest BCUT2D eigenvalue weighted by Gasteiger charge is -2.04. The van der Waals surface area contributed by atoms with Gasteiger partial charge in [-0.3, -0.25) is 0 Å². The van der Waals surface area contributed by atoms with Crippen LogP contribution in [0.1, 0.15) is 18.9 Å². The molecule has 21 heavy (non-hydrogen) atoms. The fraction of sp³-hybridized carbons (Fsp3) is 0.250. The Labute approximate surface area is 122 Å². The van der Waals surface area contributed by atoms with Gasteiger partial charge in [0.15, 0.2) is 0 Å². The van der Waals surface area contributed by atoms with Crippen molar-refractivity contribution in [2.24, 2.45) is 0 Å². The lowest BCUT2D eigenvalue weighted by Crippen LogP contribution is -1.96. The Morgan fingerprint density at radius 3 is 2.90 bits per heavy atom. The molecule has 0 atom stereocenters. The Balaban J connectivity index is 1.99. The van der Waals surface area contributed by atoms with Gasteiger partial charge in [0.1, 0.15) is 23.5 Å². The van der Waals surface area contributed by atoms with Gasteiger partial charge >= 0.3 is 0 Å². The van der Waals surface area contributed by atoms with E-state index in [4.69, 9.17) is 10.5 Å². The summed E-state index contributed by atoms with van der Waals surface area (Å²) < 4.78 is 7.54. The van der Waals surface area contributed by atoms with E-state index in [1.54, 1.807) is 7.11 Å². The van der Waals surface area contributed by atoms with Crippen LogP contribution >= 0.6 is 0 Å². The summed E-state index contributed by atoms with van der Waals surface area (Å²) in [5, 5.41) is 0.928. The number of nitrogens with zero attached hydrogens (tertiary/aromatic N) is 3. The van der Waals surface area contributed by atoms with E-state index in [2.05, 4.69) is 26.8 Å². The number of anilines is 1. The van der Waals surface area contributed by atoms with E-state index < -0.39 is 0 Å². The summed E-state index contributed by atoms with van der Waals surface area (Å²) in [7, 11) is 1.67. The van der Waals surface area contributed by atoms with Gasteiger partial charge in [-0.1, -0.05) is 12.1 Å². The van der Waals surface area contributed by atoms with E-state index in [-0.39, 0.29) is 0 Å². The maximum absolute atomic E-state index is 6.10. The first-order valence-corrected chi connectivity index (χ1v) is 7.03. The van der Waals surface area contributed by atoms with Gasteiger partial charge in [-0.25, -0.2) is 9.97 Å². The first-order valence-electron chi connectivity index (χ1n) is 7.03. The molecule has 0 unspecified atom stereocenters. The standard InChI is InChI=1S/C16H16N4O/c1-21-12-4-2-3-10(7-12)13-8-20(11-5-6-11)16-14(13)15(17)18-9-19-16/h2-4,7-9,11H,5-6H2,1H3,(H2,17,18,19). The third-order valence-electron chi connectivity index (χ3n) is 3.96. The molecule has 2 aromatic heterocycles. The third kappa shape index (κ3) is 1.93. The van der Waals surface area contributed by atoms with Crippen LogP contribution in [0.25, 0.3) is 22.2 Å². The summed E-state index contributed by atoms with van der Waals surface area (Å²) in [5.41, 5.74) is 9.16. The summed E-state index contributed by atoms with van der Waals surface area (Å²) in [6, 6.07) is 8.53. The van der Waals surface area contributed by atoms with Gasteiger partial charge in [0, 0.05) is 17.8 Å². The number of rotatable bonds is 3. The highest BCUT2D eigenvalue weighted by atomic mass is 16.5. The van der Waals surface area contributed by atoms with Crippen LogP contribution in [0.3, 0.4) is 0 Å². The number of ether oxygens (including phenoxy) is 1. The molecule has 0 spiro atoms. The number of hydrogen-bond donors (Lipinski definition) is 1. The molecule has 1 fully saturated rings. The van der Waals surface area contributed by atoms with Crippen molar-refractivity contribution in [1.29, 1.82) is 0 Å². The number of methoxy groups -OCH3 is 1. The van der Waals surface area contributed by atoms with Gasteiger partial charge in [-0.15, -0.1) is 0 Å². The zero-order valence-corrected chi connectivity index (χ0v) is 11.8. The molecule has 4 rings (SSSR count). The zero-order valence-electron chi connectivity index (χ0n) is 11.8. The second-order valence-corrected chi connectivity index (χ2v) is 5.37. The van der Waals surface area contributed by atoms with Crippen LogP contribution in [0.4, 0.5) is 5.82 Å². The van der Waals surface area contributed by atoms with Gasteiger partial charge in [-0.05, 0) is 30.5 Å². The summed E-state index contributed by atoms with van der Waals surface area (Å²) in [4.78, 5) is 8.58. The van der Waals surface area contributed by atoms with Crippen molar-refractivity contribution in [3.05, 3.63) is 36.8 Å². The molecule has 3 aromatic rings. The third-order valence-corrected chi connectivity index (χ3v) is 3.96. The molecular weight excluding hydrogens is 264 g/mol. The number of nitrogen functional groups attached to an aromatic ring is 1. The second-order valence-electron chi connectivity index (χ2n) is 5.37. The molecule has 0 radical (unpaired) electrons. The minimum absolute atomic E-state index is 0.525. The van der Waals surface area contributed by atoms with Crippen molar-refractivity contribution in [3.8, 4) is 16.9 Å². The van der Waals surface area contributed by atoms with Crippen LogP contribution in [-0.2, 0) is 0 Å². The zero-order chi connectivity index (χ0) is 14.4. The normalized spacial score (nSPS) is 14.5. The van der Waals surface area contributed by atoms with E-state index in [0.717, 1.165) is 27.9 Å². The maximum atomic E-state index is 6.10. The molecule has 0 saturated heterocycles. The smallest absolute Gasteiger partial charge is 0.146 e. The summed E-state index contributed by atoms with van der Waals surface area (Å²) in [6.45, 7) is 0. The molecule has 0 aliphatic heterocycles. The van der Waals surface area contributed by atoms with Gasteiger partial charge in [0.25, 0.3) is 0 Å². The molecule has 2 heterocycles. The molecule has 106 valence electrons. The maximum Gasteiger partial charge on any atom is 0.146 e. The molecule has 5 nitrogen and oxygen atoms in total. The average Bonchev–Trinajstić information content (AvgIpc) is 3.28. The number of fused-ring (bicyclic) bond motifs is 1. The van der Waals surface area contributed by atoms with Crippen molar-refractivity contribution in [2.45, 2.75) is 18.9 Å². The molecule has 5 heteroatoms. The second kappa shape index (κ2) is 4.48. The topological polar surface area (TPSA) is 66.0 Å². The van der Waals surface area contributed by atoms with Crippen LogP contribution in [0.5, 0.6) is 5.75 Å². The molecular formula is C16H16N4O. The van der Waals surface area contributed by atoms with Crippen LogP contribution in [0, 0.1) is 0 Å². The van der Waals surface area contributed by atoms with Crippen LogP contribution in [-0.4, -0.2) is 21.6 Å². The number of hydrogen-bond acceptors (Lipinski definition) is 4. The van der Waals surface area contributed by atoms with E-state index in [0.29, 0.717) is 11.9 Å². The lowest BCUT2D eigenvalue weighted by atomic mass is 10.1. The Morgan fingerprint density at radius 1 is 1.29 bits per heavy atom. The largest absolute Gasteiger partial charge is 0.497 e. The molecule has 0 amide bonds. The lowest BCUT2D eigenvalue weighted by molar-refractivity contribution is 0.415. The van der Waals surface area contributed by atoms with Crippen LogP contribution in [0.15, 0.2) is 36.8 Å². The van der Waals surface area contributed by atoms with Gasteiger partial charge in [0.2, 0.25) is 0 Å². The highest BCUT2D eigenvalue weighted by molar-refractivity contribution is 6.00. The van der Waals surface area contributed by atoms with Crippen molar-refractivity contribution >= 4 is 16.9 Å². The fourth-order valence-corrected chi connectivity index (χ4v) is 2.75. The van der Waals surface area contributed by atoms with E-state index in [1.807, 2.05) is 18.2 Å². The molecule has 1 aromatic carbocycles. The van der Waals surface area contributed by atoms with Crippen molar-refractivity contribution < 1.29 is 4.74 Å². The Bertz CT molecular complexity index is 820. The molecule has 1 saturated carbocycles. The number of nitrogens with two attached hydrogens (primary N) is 1. The number of benzene rings is 1. The quantitative estimate of drug-likeness (QED) is 0.801. The van der Waals surface area contributed by atoms with Crippen molar-refractivity contribution in [3.63, 3.8) is 0 Å². The first-order chi connectivity index (χ1) is 10.3. The SMILES string of the molecule is COc1cccc(-c2cn(C3CC3)c3ncnc(N)c23)c1. The van der Waals surface area contributed by atoms with E-state index >= 15 is 0 Å². The molecule has 2 N–H and O–H groups in total. The van der Waals surface area contributed by atoms with Crippen LogP contribution < -0.4 is 10.5 Å². The van der Waals surface area contributed by atoms with Gasteiger partial charge < -0.3 is 15.0 Å². The molecule has 0 bridgehead atoms. The Hall–Kier alpha value is -2.56. The van der Waals surface area contributed by atoms with E-state index in [1.165, 1.54) is 19.2 Å². The van der Waals surface area contributed by atoms with Crippen LogP contribution in [0.2, 0.25) is 0 Å². The predicted octanol–water partition coefficient (Wildman–Crippen LogP) is 3.02. The highest BCUT2D eigenvalue weighted by Crippen LogP contribution is 2.42. The predicted molar refractivity (Wildman–Crippen MR) is 82.2 cm³/mol. The molecule has 1 aliphatic carbocycles. The van der Waals surface area contributed by atoms with Crippen molar-refractivity contribution in [2.75, 3.05) is 12.8 Å². The Kier molecular flexibility index (Phi) is 2.60. The molecule has 1 aliphatic rings. The van der Waals surface area contributed by atoms with E-state index in [9.17, 15) is 0 Å². The monoisotopic (exact) mass is 280 g/mol. The summed E-state index contributed by atoms with van der Waals surface area (Å²) >= 11 is 0. The van der Waals surface area contributed by atoms with Gasteiger partial charge in [0.05, 0.1) is 12.5 Å². The average molecular weight is 280 g/mol. The highest BCUT2D eigenvalue weighted by Gasteiger charge is 2.27. The minimum atomic E-state index is 0.525. The summed E-state index contributed by atoms with van der Waals surface area (Å²) in [5.74, 6) is 1.35. The Morgan fingerprint density at radius 2 is 2.14 bits per heavy atom. The van der Waals surface area contributed by atoms with Gasteiger partial charge in [-0.2, -0.15) is 0 Å².